The standard InChI is InChI=1S/C33H33F3N6O2/c1-3-27(43)41-14-9-21(18-41)40(2)31-25-17-37-29(23-8-4-7-22-24(23)15-20(34)16-26(22)35)28(36)30(25)38-32(39-31)44-19-33-10-5-12-42(33)13-6-11-33/h3-4,7-8,15-17,21H,1,5-6,9-14,18-19H2,2H3. The monoisotopic (exact) mass is 602 g/mol. The SMILES string of the molecule is C=CC(=O)N1CCC(N(C)c2nc(OCC34CCCN3CCC4)nc3c(F)c(-c4cccc5c(F)cc(F)cc45)ncc23)C1. The van der Waals surface area contributed by atoms with Crippen LogP contribution in [0.25, 0.3) is 32.9 Å². The van der Waals surface area contributed by atoms with E-state index < -0.39 is 17.5 Å². The van der Waals surface area contributed by atoms with Crippen LogP contribution in [0.2, 0.25) is 0 Å². The maximum atomic E-state index is 16.6. The molecule has 0 aliphatic carbocycles. The van der Waals surface area contributed by atoms with Gasteiger partial charge in [-0.2, -0.15) is 9.97 Å². The Bertz CT molecular complexity index is 1790. The molecule has 2 aromatic heterocycles. The van der Waals surface area contributed by atoms with Crippen LogP contribution in [0.4, 0.5) is 19.0 Å². The summed E-state index contributed by atoms with van der Waals surface area (Å²) < 4.78 is 51.7. The highest BCUT2D eigenvalue weighted by atomic mass is 19.1. The first-order valence-corrected chi connectivity index (χ1v) is 15.0. The minimum Gasteiger partial charge on any atom is -0.461 e. The average Bonchev–Trinajstić information content (AvgIpc) is 3.76. The van der Waals surface area contributed by atoms with E-state index in [0.717, 1.165) is 44.8 Å². The lowest BCUT2D eigenvalue weighted by Crippen LogP contribution is -2.43. The van der Waals surface area contributed by atoms with Crippen molar-refractivity contribution < 1.29 is 22.7 Å². The second kappa shape index (κ2) is 11.0. The summed E-state index contributed by atoms with van der Waals surface area (Å²) in [6.45, 7) is 7.09. The highest BCUT2D eigenvalue weighted by molar-refractivity contribution is 5.99. The van der Waals surface area contributed by atoms with Gasteiger partial charge < -0.3 is 14.5 Å². The Balaban J connectivity index is 1.33. The summed E-state index contributed by atoms with van der Waals surface area (Å²) in [5.74, 6) is -1.95. The molecule has 8 nitrogen and oxygen atoms in total. The molecule has 228 valence electrons. The minimum atomic E-state index is -0.765. The van der Waals surface area contributed by atoms with Crippen LogP contribution in [0.3, 0.4) is 0 Å². The third-order valence-electron chi connectivity index (χ3n) is 9.62. The van der Waals surface area contributed by atoms with Gasteiger partial charge in [0.1, 0.15) is 35.3 Å². The molecule has 11 heteroatoms. The van der Waals surface area contributed by atoms with Crippen molar-refractivity contribution in [2.75, 3.05) is 44.7 Å². The molecule has 0 spiro atoms. The lowest BCUT2D eigenvalue weighted by atomic mass is 9.95. The van der Waals surface area contributed by atoms with E-state index >= 15 is 4.39 Å². The highest BCUT2D eigenvalue weighted by Crippen LogP contribution is 2.40. The van der Waals surface area contributed by atoms with Crippen LogP contribution in [0.15, 0.2) is 49.2 Å². The molecule has 44 heavy (non-hydrogen) atoms. The van der Waals surface area contributed by atoms with Crippen molar-refractivity contribution in [2.24, 2.45) is 0 Å². The number of hydrogen-bond acceptors (Lipinski definition) is 7. The van der Waals surface area contributed by atoms with Crippen LogP contribution >= 0.6 is 0 Å². The normalized spacial score (nSPS) is 19.5. The third kappa shape index (κ3) is 4.74. The second-order valence-corrected chi connectivity index (χ2v) is 12.1. The average molecular weight is 603 g/mol. The number of benzene rings is 2. The van der Waals surface area contributed by atoms with Crippen molar-refractivity contribution in [1.29, 1.82) is 0 Å². The molecule has 0 saturated carbocycles. The van der Waals surface area contributed by atoms with Crippen molar-refractivity contribution >= 4 is 33.4 Å². The molecule has 3 aliphatic rings. The Morgan fingerprint density at radius 2 is 1.91 bits per heavy atom. The molecule has 0 bridgehead atoms. The van der Waals surface area contributed by atoms with Gasteiger partial charge in [-0.3, -0.25) is 14.7 Å². The number of hydrogen-bond donors (Lipinski definition) is 0. The largest absolute Gasteiger partial charge is 0.461 e. The predicted molar refractivity (Wildman–Crippen MR) is 162 cm³/mol. The zero-order valence-corrected chi connectivity index (χ0v) is 24.5. The van der Waals surface area contributed by atoms with Crippen molar-refractivity contribution in [1.82, 2.24) is 24.8 Å². The van der Waals surface area contributed by atoms with Gasteiger partial charge in [-0.05, 0) is 62.7 Å². The number of carbonyl (C=O) groups is 1. The summed E-state index contributed by atoms with van der Waals surface area (Å²) in [6.07, 6.45) is 7.75. The lowest BCUT2D eigenvalue weighted by molar-refractivity contribution is -0.125. The first-order chi connectivity index (χ1) is 21.3. The lowest BCUT2D eigenvalue weighted by Gasteiger charge is -2.31. The zero-order chi connectivity index (χ0) is 30.6. The molecule has 2 aromatic carbocycles. The van der Waals surface area contributed by atoms with E-state index in [2.05, 4.69) is 21.4 Å². The highest BCUT2D eigenvalue weighted by Gasteiger charge is 2.45. The van der Waals surface area contributed by atoms with Crippen molar-refractivity contribution in [3.63, 3.8) is 0 Å². The number of likely N-dealkylation sites (tertiary alicyclic amines) is 1. The summed E-state index contributed by atoms with van der Waals surface area (Å²) in [7, 11) is 1.86. The molecule has 5 heterocycles. The van der Waals surface area contributed by atoms with Gasteiger partial charge in [-0.25, -0.2) is 13.2 Å². The molecule has 1 unspecified atom stereocenters. The molecule has 1 amide bonds. The number of amides is 1. The number of likely N-dealkylation sites (N-methyl/N-ethyl adjacent to an activating group) is 1. The smallest absolute Gasteiger partial charge is 0.319 e. The van der Waals surface area contributed by atoms with Crippen molar-refractivity contribution in [3.8, 4) is 17.3 Å². The van der Waals surface area contributed by atoms with Gasteiger partial charge in [0.15, 0.2) is 5.82 Å². The summed E-state index contributed by atoms with van der Waals surface area (Å²) in [4.78, 5) is 32.1. The van der Waals surface area contributed by atoms with E-state index in [1.54, 1.807) is 17.0 Å². The molecule has 1 atom stereocenters. The Kier molecular flexibility index (Phi) is 7.15. The molecular formula is C33H33F3N6O2. The fourth-order valence-electron chi connectivity index (χ4n) is 7.28. The first kappa shape index (κ1) is 28.5. The minimum absolute atomic E-state index is 0.0000472. The van der Waals surface area contributed by atoms with Crippen LogP contribution in [-0.4, -0.2) is 82.1 Å². The zero-order valence-electron chi connectivity index (χ0n) is 24.5. The van der Waals surface area contributed by atoms with E-state index in [0.29, 0.717) is 37.3 Å². The van der Waals surface area contributed by atoms with Crippen LogP contribution in [0, 0.1) is 17.5 Å². The maximum absolute atomic E-state index is 16.6. The fourth-order valence-corrected chi connectivity index (χ4v) is 7.28. The summed E-state index contributed by atoms with van der Waals surface area (Å²) >= 11 is 0. The van der Waals surface area contributed by atoms with E-state index in [-0.39, 0.29) is 51.0 Å². The van der Waals surface area contributed by atoms with Crippen LogP contribution in [-0.2, 0) is 4.79 Å². The summed E-state index contributed by atoms with van der Waals surface area (Å²) in [5.41, 5.74) is 0.101. The Labute approximate surface area is 253 Å². The van der Waals surface area contributed by atoms with Gasteiger partial charge in [0, 0.05) is 49.4 Å². The van der Waals surface area contributed by atoms with Crippen molar-refractivity contribution in [2.45, 2.75) is 43.7 Å². The van der Waals surface area contributed by atoms with Gasteiger partial charge in [-0.1, -0.05) is 24.8 Å². The van der Waals surface area contributed by atoms with E-state index in [4.69, 9.17) is 9.72 Å². The van der Waals surface area contributed by atoms with Crippen molar-refractivity contribution in [3.05, 3.63) is 66.6 Å². The number of halogens is 3. The quantitative estimate of drug-likeness (QED) is 0.259. The molecule has 0 N–H and O–H groups in total. The molecule has 4 aromatic rings. The second-order valence-electron chi connectivity index (χ2n) is 12.1. The summed E-state index contributed by atoms with van der Waals surface area (Å²) in [6, 6.07) is 6.63. The van der Waals surface area contributed by atoms with Gasteiger partial charge in [0.05, 0.1) is 10.9 Å². The Morgan fingerprint density at radius 3 is 2.68 bits per heavy atom. The first-order valence-electron chi connectivity index (χ1n) is 15.0. The number of fused-ring (bicyclic) bond motifs is 3. The van der Waals surface area contributed by atoms with E-state index in [1.807, 2.05) is 11.9 Å². The Hall–Kier alpha value is -4.25. The molecular weight excluding hydrogens is 569 g/mol. The predicted octanol–water partition coefficient (Wildman–Crippen LogP) is 5.49. The van der Waals surface area contributed by atoms with Gasteiger partial charge >= 0.3 is 6.01 Å². The molecule has 3 aliphatic heterocycles. The third-order valence-corrected chi connectivity index (χ3v) is 9.62. The van der Waals surface area contributed by atoms with Gasteiger partial charge in [-0.15, -0.1) is 0 Å². The number of aromatic nitrogens is 3. The van der Waals surface area contributed by atoms with Crippen LogP contribution in [0.1, 0.15) is 32.1 Å². The van der Waals surface area contributed by atoms with Crippen LogP contribution in [0.5, 0.6) is 6.01 Å². The fraction of sp³-hybridized carbons (Fsp3) is 0.394. The topological polar surface area (TPSA) is 74.7 Å². The molecule has 0 radical (unpaired) electrons. The number of anilines is 1. The molecule has 3 fully saturated rings. The Morgan fingerprint density at radius 1 is 1.11 bits per heavy atom. The van der Waals surface area contributed by atoms with E-state index in [1.165, 1.54) is 24.4 Å². The number of carbonyl (C=O) groups excluding carboxylic acids is 1. The van der Waals surface area contributed by atoms with Gasteiger partial charge in [0.2, 0.25) is 5.91 Å². The summed E-state index contributed by atoms with van der Waals surface area (Å²) in [5, 5.41) is 0.737. The van der Waals surface area contributed by atoms with Crippen LogP contribution < -0.4 is 9.64 Å². The van der Waals surface area contributed by atoms with E-state index in [9.17, 15) is 13.6 Å². The number of nitrogens with zero attached hydrogens (tertiary/aromatic N) is 6. The number of rotatable bonds is 7. The number of ether oxygens (including phenoxy) is 1. The van der Waals surface area contributed by atoms with Gasteiger partial charge in [0.25, 0.3) is 0 Å². The number of pyridine rings is 1. The molecule has 3 saturated heterocycles. The maximum Gasteiger partial charge on any atom is 0.319 e. The molecule has 7 rings (SSSR count).